The molecule has 106 valence electrons. The molecule has 1 aromatic heterocycles. The summed E-state index contributed by atoms with van der Waals surface area (Å²) in [4.78, 5) is 25.0. The molecule has 0 aliphatic rings. The molecule has 5 heteroatoms. The number of hydrogen-bond acceptors (Lipinski definition) is 2. The van der Waals surface area contributed by atoms with Crippen LogP contribution in [0.4, 0.5) is 0 Å². The Kier molecular flexibility index (Phi) is 5.15. The summed E-state index contributed by atoms with van der Waals surface area (Å²) in [7, 11) is 0. The molecule has 0 saturated heterocycles. The first-order valence-corrected chi connectivity index (χ1v) is 6.62. The summed E-state index contributed by atoms with van der Waals surface area (Å²) >= 11 is 0. The fourth-order valence-electron chi connectivity index (χ4n) is 2.27. The number of aromatic nitrogens is 1. The van der Waals surface area contributed by atoms with Crippen LogP contribution < -0.4 is 0 Å². The molecular weight excluding hydrogens is 244 g/mol. The largest absolute Gasteiger partial charge is 0.478 e. The molecule has 1 rings (SSSR count). The second-order valence-electron chi connectivity index (χ2n) is 4.77. The Hall–Kier alpha value is -1.78. The lowest BCUT2D eigenvalue weighted by Gasteiger charge is -2.20. The van der Waals surface area contributed by atoms with E-state index >= 15 is 0 Å². The zero-order valence-corrected chi connectivity index (χ0v) is 12.0. The summed E-state index contributed by atoms with van der Waals surface area (Å²) in [5.74, 6) is -0.872. The lowest BCUT2D eigenvalue weighted by molar-refractivity contribution is -0.131. The molecular formula is C14H22N2O3. The van der Waals surface area contributed by atoms with Gasteiger partial charge >= 0.3 is 5.97 Å². The standard InChI is InChI=1S/C14H22N2O3/c1-5-15(6-2)12(17)9-16-8-7-11(14(18)19)13(16)10(3)4/h7-8,10H,5-6,9H2,1-4H3,(H,18,19). The molecule has 1 N–H and O–H groups in total. The predicted octanol–water partition coefficient (Wildman–Crippen LogP) is 2.18. The average Bonchev–Trinajstić information content (AvgIpc) is 2.74. The number of rotatable bonds is 6. The van der Waals surface area contributed by atoms with Crippen molar-refractivity contribution >= 4 is 11.9 Å². The third-order valence-electron chi connectivity index (χ3n) is 3.21. The van der Waals surface area contributed by atoms with Crippen LogP contribution in [-0.4, -0.2) is 39.5 Å². The van der Waals surface area contributed by atoms with E-state index in [-0.39, 0.29) is 23.9 Å². The van der Waals surface area contributed by atoms with Gasteiger partial charge in [-0.2, -0.15) is 0 Å². The molecule has 19 heavy (non-hydrogen) atoms. The van der Waals surface area contributed by atoms with Crippen LogP contribution in [0.3, 0.4) is 0 Å². The maximum absolute atomic E-state index is 12.1. The van der Waals surface area contributed by atoms with Crippen LogP contribution in [0.2, 0.25) is 0 Å². The molecule has 1 amide bonds. The number of carbonyl (C=O) groups is 2. The Morgan fingerprint density at radius 1 is 1.32 bits per heavy atom. The van der Waals surface area contributed by atoms with E-state index in [1.165, 1.54) is 0 Å². The number of amides is 1. The molecule has 1 aromatic rings. The Morgan fingerprint density at radius 3 is 2.32 bits per heavy atom. The van der Waals surface area contributed by atoms with Gasteiger partial charge < -0.3 is 14.6 Å². The van der Waals surface area contributed by atoms with E-state index in [1.807, 2.05) is 27.7 Å². The van der Waals surface area contributed by atoms with Crippen LogP contribution in [0.1, 0.15) is 49.7 Å². The quantitative estimate of drug-likeness (QED) is 0.858. The van der Waals surface area contributed by atoms with Crippen molar-refractivity contribution in [3.8, 4) is 0 Å². The number of carbonyl (C=O) groups excluding carboxylic acids is 1. The molecule has 0 radical (unpaired) electrons. The van der Waals surface area contributed by atoms with Crippen molar-refractivity contribution in [1.82, 2.24) is 9.47 Å². The number of likely N-dealkylation sites (N-methyl/N-ethyl adjacent to an activating group) is 1. The van der Waals surface area contributed by atoms with Gasteiger partial charge in [-0.05, 0) is 25.8 Å². The van der Waals surface area contributed by atoms with Crippen LogP contribution in [-0.2, 0) is 11.3 Å². The second-order valence-corrected chi connectivity index (χ2v) is 4.77. The Balaban J connectivity index is 3.02. The van der Waals surface area contributed by atoms with Crippen LogP contribution in [0.5, 0.6) is 0 Å². The van der Waals surface area contributed by atoms with Gasteiger partial charge in [0, 0.05) is 25.0 Å². The maximum atomic E-state index is 12.1. The molecule has 0 atom stereocenters. The highest BCUT2D eigenvalue weighted by molar-refractivity contribution is 5.89. The van der Waals surface area contributed by atoms with Gasteiger partial charge in [-0.15, -0.1) is 0 Å². The summed E-state index contributed by atoms with van der Waals surface area (Å²) < 4.78 is 1.74. The van der Waals surface area contributed by atoms with Crippen molar-refractivity contribution < 1.29 is 14.7 Å². The SMILES string of the molecule is CCN(CC)C(=O)Cn1ccc(C(=O)O)c1C(C)C. The summed E-state index contributed by atoms with van der Waals surface area (Å²) in [5.41, 5.74) is 0.982. The van der Waals surface area contributed by atoms with Crippen molar-refractivity contribution in [2.24, 2.45) is 0 Å². The van der Waals surface area contributed by atoms with E-state index < -0.39 is 5.97 Å². The van der Waals surface area contributed by atoms with Crippen molar-refractivity contribution in [3.63, 3.8) is 0 Å². The van der Waals surface area contributed by atoms with E-state index in [9.17, 15) is 9.59 Å². The molecule has 0 unspecified atom stereocenters. The van der Waals surface area contributed by atoms with Gasteiger partial charge in [0.05, 0.1) is 5.56 Å². The highest BCUT2D eigenvalue weighted by Crippen LogP contribution is 2.21. The zero-order chi connectivity index (χ0) is 14.6. The van der Waals surface area contributed by atoms with Gasteiger partial charge in [-0.1, -0.05) is 13.8 Å². The third-order valence-corrected chi connectivity index (χ3v) is 3.21. The smallest absolute Gasteiger partial charge is 0.337 e. The highest BCUT2D eigenvalue weighted by Gasteiger charge is 2.20. The maximum Gasteiger partial charge on any atom is 0.337 e. The Bertz CT molecular complexity index is 459. The molecule has 0 spiro atoms. The van der Waals surface area contributed by atoms with Crippen molar-refractivity contribution in [1.29, 1.82) is 0 Å². The zero-order valence-electron chi connectivity index (χ0n) is 12.0. The summed E-state index contributed by atoms with van der Waals surface area (Å²) in [6.45, 7) is 9.26. The number of nitrogens with zero attached hydrogens (tertiary/aromatic N) is 2. The van der Waals surface area contributed by atoms with Gasteiger partial charge in [0.1, 0.15) is 6.54 Å². The third kappa shape index (κ3) is 3.36. The lowest BCUT2D eigenvalue weighted by atomic mass is 10.1. The van der Waals surface area contributed by atoms with Crippen LogP contribution in [0.25, 0.3) is 0 Å². The average molecular weight is 266 g/mol. The molecule has 0 aliphatic heterocycles. The van der Waals surface area contributed by atoms with E-state index in [1.54, 1.807) is 21.7 Å². The van der Waals surface area contributed by atoms with E-state index in [4.69, 9.17) is 5.11 Å². The van der Waals surface area contributed by atoms with Crippen molar-refractivity contribution in [2.45, 2.75) is 40.2 Å². The Morgan fingerprint density at radius 2 is 1.89 bits per heavy atom. The van der Waals surface area contributed by atoms with Gasteiger partial charge in [-0.3, -0.25) is 4.79 Å². The minimum absolute atomic E-state index is 0.0134. The molecule has 1 heterocycles. The van der Waals surface area contributed by atoms with Gasteiger partial charge in [0.15, 0.2) is 0 Å². The van der Waals surface area contributed by atoms with E-state index in [0.717, 1.165) is 0 Å². The number of aromatic carboxylic acids is 1. The first-order chi connectivity index (χ1) is 8.92. The fraction of sp³-hybridized carbons (Fsp3) is 0.571. The normalized spacial score (nSPS) is 10.8. The minimum atomic E-state index is -0.947. The monoisotopic (exact) mass is 266 g/mol. The number of carboxylic acid groups (broad SMARTS) is 1. The van der Waals surface area contributed by atoms with E-state index in [2.05, 4.69) is 0 Å². The first kappa shape index (κ1) is 15.3. The molecule has 5 nitrogen and oxygen atoms in total. The van der Waals surface area contributed by atoms with E-state index in [0.29, 0.717) is 18.8 Å². The summed E-state index contributed by atoms with van der Waals surface area (Å²) in [6.07, 6.45) is 1.68. The number of hydrogen-bond donors (Lipinski definition) is 1. The van der Waals surface area contributed by atoms with Crippen molar-refractivity contribution in [2.75, 3.05) is 13.1 Å². The first-order valence-electron chi connectivity index (χ1n) is 6.62. The topological polar surface area (TPSA) is 62.5 Å². The van der Waals surface area contributed by atoms with Crippen LogP contribution in [0.15, 0.2) is 12.3 Å². The van der Waals surface area contributed by atoms with Crippen LogP contribution >= 0.6 is 0 Å². The molecule has 0 fully saturated rings. The Labute approximate surface area is 113 Å². The molecule has 0 bridgehead atoms. The number of carboxylic acids is 1. The minimum Gasteiger partial charge on any atom is -0.478 e. The van der Waals surface area contributed by atoms with Crippen LogP contribution in [0, 0.1) is 0 Å². The second kappa shape index (κ2) is 6.41. The fourth-order valence-corrected chi connectivity index (χ4v) is 2.27. The van der Waals surface area contributed by atoms with Gasteiger partial charge in [-0.25, -0.2) is 4.79 Å². The predicted molar refractivity (Wildman–Crippen MR) is 73.4 cm³/mol. The molecule has 0 aliphatic carbocycles. The van der Waals surface area contributed by atoms with Gasteiger partial charge in [0.25, 0.3) is 0 Å². The molecule has 0 saturated carbocycles. The van der Waals surface area contributed by atoms with Gasteiger partial charge in [0.2, 0.25) is 5.91 Å². The summed E-state index contributed by atoms with van der Waals surface area (Å²) in [5, 5.41) is 9.15. The summed E-state index contributed by atoms with van der Waals surface area (Å²) in [6, 6.07) is 1.56. The molecule has 0 aromatic carbocycles. The lowest BCUT2D eigenvalue weighted by Crippen LogP contribution is -2.33. The van der Waals surface area contributed by atoms with Crippen molar-refractivity contribution in [3.05, 3.63) is 23.5 Å². The highest BCUT2D eigenvalue weighted by atomic mass is 16.4.